The predicted molar refractivity (Wildman–Crippen MR) is 63.1 cm³/mol. The Balaban J connectivity index is 2.39. The van der Waals surface area contributed by atoms with Crippen LogP contribution >= 0.6 is 11.6 Å². The number of hydrogen-bond acceptors (Lipinski definition) is 1. The summed E-state index contributed by atoms with van der Waals surface area (Å²) in [4.78, 5) is 0. The number of rotatable bonds is 5. The van der Waals surface area contributed by atoms with Crippen LogP contribution in [0.1, 0.15) is 24.5 Å². The predicted octanol–water partition coefficient (Wildman–Crippen LogP) is 3.19. The molecule has 78 valence electrons. The maximum Gasteiger partial charge on any atom is 0.0437 e. The fraction of sp³-hybridized carbons (Fsp3) is 0.500. The Morgan fingerprint density at radius 1 is 1.36 bits per heavy atom. The van der Waals surface area contributed by atoms with Gasteiger partial charge >= 0.3 is 0 Å². The summed E-state index contributed by atoms with van der Waals surface area (Å²) in [6, 6.07) is 6.32. The van der Waals surface area contributed by atoms with Gasteiger partial charge in [0.05, 0.1) is 0 Å². The Kier molecular flexibility index (Phi) is 4.99. The van der Waals surface area contributed by atoms with Gasteiger partial charge in [-0.1, -0.05) is 30.7 Å². The van der Waals surface area contributed by atoms with E-state index in [0.29, 0.717) is 0 Å². The van der Waals surface area contributed by atoms with Gasteiger partial charge in [0, 0.05) is 5.02 Å². The van der Waals surface area contributed by atoms with E-state index in [1.54, 1.807) is 0 Å². The van der Waals surface area contributed by atoms with Crippen molar-refractivity contribution in [3.63, 3.8) is 0 Å². The second-order valence-electron chi connectivity index (χ2n) is 3.54. The Hall–Kier alpha value is -0.530. The highest BCUT2D eigenvalue weighted by molar-refractivity contribution is 6.31. The van der Waals surface area contributed by atoms with E-state index in [4.69, 9.17) is 11.6 Å². The molecule has 0 aliphatic heterocycles. The molecule has 14 heavy (non-hydrogen) atoms. The molecule has 1 N–H and O–H groups in total. The van der Waals surface area contributed by atoms with Crippen LogP contribution in [0.4, 0.5) is 0 Å². The monoisotopic (exact) mass is 211 g/mol. The van der Waals surface area contributed by atoms with Crippen LogP contribution in [-0.4, -0.2) is 13.1 Å². The first-order chi connectivity index (χ1) is 6.74. The molecule has 0 aliphatic carbocycles. The van der Waals surface area contributed by atoms with Crippen molar-refractivity contribution in [1.29, 1.82) is 0 Å². The van der Waals surface area contributed by atoms with Gasteiger partial charge in [-0.3, -0.25) is 0 Å². The number of nitrogens with one attached hydrogen (secondary N) is 1. The van der Waals surface area contributed by atoms with E-state index in [0.717, 1.165) is 30.1 Å². The second kappa shape index (κ2) is 6.05. The third kappa shape index (κ3) is 3.69. The standard InChI is InChI=1S/C12H18ClN/c1-3-14-8-4-5-11-7-6-10(2)12(13)9-11/h6-7,9,14H,3-5,8H2,1-2H3. The van der Waals surface area contributed by atoms with Crippen LogP contribution in [0.15, 0.2) is 18.2 Å². The largest absolute Gasteiger partial charge is 0.317 e. The van der Waals surface area contributed by atoms with Crippen molar-refractivity contribution in [3.8, 4) is 0 Å². The van der Waals surface area contributed by atoms with Gasteiger partial charge in [-0.25, -0.2) is 0 Å². The van der Waals surface area contributed by atoms with Gasteiger partial charge in [-0.15, -0.1) is 0 Å². The molecule has 0 amide bonds. The lowest BCUT2D eigenvalue weighted by Crippen LogP contribution is -2.14. The third-order valence-corrected chi connectivity index (χ3v) is 2.71. The molecule has 0 bridgehead atoms. The van der Waals surface area contributed by atoms with E-state index in [1.807, 2.05) is 6.92 Å². The van der Waals surface area contributed by atoms with E-state index >= 15 is 0 Å². The van der Waals surface area contributed by atoms with Gasteiger partial charge < -0.3 is 5.32 Å². The SMILES string of the molecule is CCNCCCc1ccc(C)c(Cl)c1. The molecule has 0 aromatic heterocycles. The molecule has 0 unspecified atom stereocenters. The minimum absolute atomic E-state index is 0.881. The van der Waals surface area contributed by atoms with E-state index < -0.39 is 0 Å². The molecular formula is C12H18ClN. The summed E-state index contributed by atoms with van der Waals surface area (Å²) in [5.74, 6) is 0. The van der Waals surface area contributed by atoms with Gasteiger partial charge in [0.2, 0.25) is 0 Å². The lowest BCUT2D eigenvalue weighted by molar-refractivity contribution is 0.672. The number of benzene rings is 1. The van der Waals surface area contributed by atoms with Crippen LogP contribution in [0.3, 0.4) is 0 Å². The molecule has 0 fully saturated rings. The third-order valence-electron chi connectivity index (χ3n) is 2.31. The quantitative estimate of drug-likeness (QED) is 0.738. The smallest absolute Gasteiger partial charge is 0.0437 e. The first-order valence-electron chi connectivity index (χ1n) is 5.19. The number of aryl methyl sites for hydroxylation is 2. The minimum Gasteiger partial charge on any atom is -0.317 e. The van der Waals surface area contributed by atoms with Gasteiger partial charge in [-0.05, 0) is 50.0 Å². The number of halogens is 1. The van der Waals surface area contributed by atoms with E-state index in [-0.39, 0.29) is 0 Å². The molecule has 0 atom stereocenters. The molecule has 1 rings (SSSR count). The highest BCUT2D eigenvalue weighted by Crippen LogP contribution is 2.17. The van der Waals surface area contributed by atoms with Crippen LogP contribution in [0.25, 0.3) is 0 Å². The van der Waals surface area contributed by atoms with Crippen LogP contribution in [0.5, 0.6) is 0 Å². The topological polar surface area (TPSA) is 12.0 Å². The van der Waals surface area contributed by atoms with Crippen molar-refractivity contribution >= 4 is 11.6 Å². The molecule has 0 aliphatic rings. The normalized spacial score (nSPS) is 10.5. The maximum absolute atomic E-state index is 6.04. The lowest BCUT2D eigenvalue weighted by Gasteiger charge is -2.04. The maximum atomic E-state index is 6.04. The average Bonchev–Trinajstić information content (AvgIpc) is 2.18. The van der Waals surface area contributed by atoms with Crippen LogP contribution in [0, 0.1) is 6.92 Å². The minimum atomic E-state index is 0.881. The van der Waals surface area contributed by atoms with Crippen LogP contribution < -0.4 is 5.32 Å². The van der Waals surface area contributed by atoms with Crippen molar-refractivity contribution in [1.82, 2.24) is 5.32 Å². The molecule has 1 nitrogen and oxygen atoms in total. The molecule has 0 heterocycles. The van der Waals surface area contributed by atoms with Gasteiger partial charge in [0.1, 0.15) is 0 Å². The van der Waals surface area contributed by atoms with Crippen molar-refractivity contribution in [3.05, 3.63) is 34.3 Å². The summed E-state index contributed by atoms with van der Waals surface area (Å²) in [7, 11) is 0. The van der Waals surface area contributed by atoms with E-state index in [9.17, 15) is 0 Å². The summed E-state index contributed by atoms with van der Waals surface area (Å²) < 4.78 is 0. The van der Waals surface area contributed by atoms with Gasteiger partial charge in [0.25, 0.3) is 0 Å². The average molecular weight is 212 g/mol. The zero-order chi connectivity index (χ0) is 10.4. The van der Waals surface area contributed by atoms with E-state index in [2.05, 4.69) is 30.4 Å². The summed E-state index contributed by atoms with van der Waals surface area (Å²) in [6.07, 6.45) is 2.28. The fourth-order valence-electron chi connectivity index (χ4n) is 1.39. The fourth-order valence-corrected chi connectivity index (χ4v) is 1.59. The van der Waals surface area contributed by atoms with E-state index in [1.165, 1.54) is 12.0 Å². The first kappa shape index (κ1) is 11.5. The molecule has 1 aromatic rings. The number of hydrogen-bond donors (Lipinski definition) is 1. The summed E-state index contributed by atoms with van der Waals surface area (Å²) >= 11 is 6.04. The molecule has 0 saturated carbocycles. The summed E-state index contributed by atoms with van der Waals surface area (Å²) in [5, 5.41) is 4.19. The van der Waals surface area contributed by atoms with Crippen LogP contribution in [-0.2, 0) is 6.42 Å². The van der Waals surface area contributed by atoms with Crippen molar-refractivity contribution < 1.29 is 0 Å². The Morgan fingerprint density at radius 2 is 2.14 bits per heavy atom. The molecule has 0 radical (unpaired) electrons. The lowest BCUT2D eigenvalue weighted by atomic mass is 10.1. The molecule has 1 aromatic carbocycles. The molecule has 2 heteroatoms. The molecule has 0 saturated heterocycles. The Bertz CT molecular complexity index is 284. The van der Waals surface area contributed by atoms with Crippen molar-refractivity contribution in [2.75, 3.05) is 13.1 Å². The highest BCUT2D eigenvalue weighted by atomic mass is 35.5. The van der Waals surface area contributed by atoms with Gasteiger partial charge in [0.15, 0.2) is 0 Å². The van der Waals surface area contributed by atoms with Crippen LogP contribution in [0.2, 0.25) is 5.02 Å². The van der Waals surface area contributed by atoms with Crippen molar-refractivity contribution in [2.45, 2.75) is 26.7 Å². The summed E-state index contributed by atoms with van der Waals surface area (Å²) in [5.41, 5.74) is 2.49. The second-order valence-corrected chi connectivity index (χ2v) is 3.95. The first-order valence-corrected chi connectivity index (χ1v) is 5.57. The zero-order valence-electron chi connectivity index (χ0n) is 8.94. The Morgan fingerprint density at radius 3 is 2.79 bits per heavy atom. The zero-order valence-corrected chi connectivity index (χ0v) is 9.69. The highest BCUT2D eigenvalue weighted by Gasteiger charge is 1.97. The summed E-state index contributed by atoms with van der Waals surface area (Å²) in [6.45, 7) is 6.30. The molecular weight excluding hydrogens is 194 g/mol. The Labute approximate surface area is 91.5 Å². The van der Waals surface area contributed by atoms with Gasteiger partial charge in [-0.2, -0.15) is 0 Å². The molecule has 0 spiro atoms. The van der Waals surface area contributed by atoms with Crippen molar-refractivity contribution in [2.24, 2.45) is 0 Å².